The topological polar surface area (TPSA) is 89.3 Å². The first-order valence-electron chi connectivity index (χ1n) is 8.36. The van der Waals surface area contributed by atoms with E-state index in [1.165, 1.54) is 5.56 Å². The highest BCUT2D eigenvalue weighted by atomic mass is 16.5. The van der Waals surface area contributed by atoms with E-state index in [1.54, 1.807) is 18.2 Å². The largest absolute Gasteiger partial charge is 0.439 e. The van der Waals surface area contributed by atoms with Crippen molar-refractivity contribution in [3.8, 4) is 11.8 Å². The van der Waals surface area contributed by atoms with Crippen molar-refractivity contribution in [1.82, 2.24) is 0 Å². The van der Waals surface area contributed by atoms with E-state index in [4.69, 9.17) is 14.9 Å². The molecule has 2 aromatic carbocycles. The molecule has 0 radical (unpaired) electrons. The minimum absolute atomic E-state index is 0.0142. The van der Waals surface area contributed by atoms with Crippen molar-refractivity contribution in [2.45, 2.75) is 19.3 Å². The Balaban J connectivity index is 2.03. The van der Waals surface area contributed by atoms with Crippen molar-refractivity contribution in [2.24, 2.45) is 5.73 Å². The molecule has 26 heavy (non-hydrogen) atoms. The van der Waals surface area contributed by atoms with Crippen molar-refractivity contribution in [1.29, 1.82) is 5.26 Å². The zero-order chi connectivity index (χ0) is 18.3. The molecule has 0 unspecified atom stereocenters. The summed E-state index contributed by atoms with van der Waals surface area (Å²) in [7, 11) is 0. The van der Waals surface area contributed by atoms with Crippen LogP contribution in [0.4, 0.5) is 0 Å². The highest BCUT2D eigenvalue weighted by Crippen LogP contribution is 2.43. The molecule has 0 aliphatic carbocycles. The van der Waals surface area contributed by atoms with Gasteiger partial charge in [0, 0.05) is 0 Å². The van der Waals surface area contributed by atoms with Crippen LogP contribution >= 0.6 is 0 Å². The van der Waals surface area contributed by atoms with Gasteiger partial charge in [-0.25, -0.2) is 4.79 Å². The molecule has 0 bridgehead atoms. The summed E-state index contributed by atoms with van der Waals surface area (Å²) < 4.78 is 11.2. The van der Waals surface area contributed by atoms with Gasteiger partial charge in [-0.05, 0) is 29.7 Å². The molecule has 1 aliphatic rings. The van der Waals surface area contributed by atoms with E-state index < -0.39 is 11.5 Å². The minimum atomic E-state index is -0.615. The van der Waals surface area contributed by atoms with Crippen molar-refractivity contribution in [2.75, 3.05) is 0 Å². The molecule has 0 spiro atoms. The maximum absolute atomic E-state index is 12.7. The van der Waals surface area contributed by atoms with E-state index >= 15 is 0 Å². The summed E-state index contributed by atoms with van der Waals surface area (Å²) in [5.41, 5.74) is 8.41. The third-order valence-corrected chi connectivity index (χ3v) is 4.70. The fourth-order valence-electron chi connectivity index (χ4n) is 3.35. The fourth-order valence-corrected chi connectivity index (χ4v) is 3.35. The number of aryl methyl sites for hydroxylation is 1. The summed E-state index contributed by atoms with van der Waals surface area (Å²) in [6, 6.07) is 17.0. The number of ether oxygens (including phenoxy) is 1. The summed E-state index contributed by atoms with van der Waals surface area (Å²) in [5, 5.41) is 10.3. The van der Waals surface area contributed by atoms with Gasteiger partial charge in [0.15, 0.2) is 5.75 Å². The lowest BCUT2D eigenvalue weighted by molar-refractivity contribution is 0.388. The van der Waals surface area contributed by atoms with Crippen LogP contribution < -0.4 is 16.1 Å². The Kier molecular flexibility index (Phi) is 3.74. The van der Waals surface area contributed by atoms with Gasteiger partial charge < -0.3 is 14.9 Å². The molecule has 5 heteroatoms. The number of hydrogen-bond donors (Lipinski definition) is 1. The zero-order valence-corrected chi connectivity index (χ0v) is 14.2. The highest BCUT2D eigenvalue weighted by Gasteiger charge is 2.35. The van der Waals surface area contributed by atoms with Gasteiger partial charge in [0.25, 0.3) is 0 Å². The second kappa shape index (κ2) is 6.08. The Hall–Kier alpha value is -3.52. The maximum Gasteiger partial charge on any atom is 0.344 e. The van der Waals surface area contributed by atoms with Gasteiger partial charge in [-0.15, -0.1) is 0 Å². The average Bonchev–Trinajstić information content (AvgIpc) is 2.67. The molecule has 1 atom stereocenters. The van der Waals surface area contributed by atoms with Crippen molar-refractivity contribution < 1.29 is 9.15 Å². The lowest BCUT2D eigenvalue weighted by Crippen LogP contribution is -2.26. The van der Waals surface area contributed by atoms with Gasteiger partial charge in [-0.1, -0.05) is 43.3 Å². The molecule has 0 saturated carbocycles. The molecule has 1 aromatic heterocycles. The number of para-hydroxylation sites is 1. The maximum atomic E-state index is 12.7. The molecule has 3 aromatic rings. The van der Waals surface area contributed by atoms with Crippen LogP contribution in [0.2, 0.25) is 0 Å². The second-order valence-electron chi connectivity index (χ2n) is 6.15. The SMILES string of the molecule is CCc1ccc([C@H]2C(C#N)=C(N)Oc3c2c(=O)oc2ccccc32)cc1. The molecule has 2 N–H and O–H groups in total. The van der Waals surface area contributed by atoms with Crippen LogP contribution in [-0.2, 0) is 6.42 Å². The Morgan fingerprint density at radius 1 is 1.15 bits per heavy atom. The lowest BCUT2D eigenvalue weighted by Gasteiger charge is -2.26. The predicted molar refractivity (Wildman–Crippen MR) is 97.6 cm³/mol. The highest BCUT2D eigenvalue weighted by molar-refractivity contribution is 5.86. The van der Waals surface area contributed by atoms with Gasteiger partial charge in [0.1, 0.15) is 17.2 Å². The average molecular weight is 344 g/mol. The van der Waals surface area contributed by atoms with Crippen LogP contribution in [0.5, 0.6) is 5.75 Å². The van der Waals surface area contributed by atoms with E-state index in [1.807, 2.05) is 30.3 Å². The summed E-state index contributed by atoms with van der Waals surface area (Å²) >= 11 is 0. The quantitative estimate of drug-likeness (QED) is 0.718. The molecule has 0 fully saturated rings. The number of hydrogen-bond acceptors (Lipinski definition) is 5. The normalized spacial score (nSPS) is 16.1. The smallest absolute Gasteiger partial charge is 0.344 e. The number of nitrogens with two attached hydrogens (primary N) is 1. The molecule has 1 aliphatic heterocycles. The molecule has 0 amide bonds. The third-order valence-electron chi connectivity index (χ3n) is 4.70. The Morgan fingerprint density at radius 3 is 2.58 bits per heavy atom. The molecule has 4 rings (SSSR count). The Morgan fingerprint density at radius 2 is 1.88 bits per heavy atom. The van der Waals surface area contributed by atoms with Crippen LogP contribution in [0, 0.1) is 11.3 Å². The van der Waals surface area contributed by atoms with Gasteiger partial charge in [-0.3, -0.25) is 0 Å². The van der Waals surface area contributed by atoms with Gasteiger partial charge in [-0.2, -0.15) is 5.26 Å². The van der Waals surface area contributed by atoms with Gasteiger partial charge in [0.2, 0.25) is 5.88 Å². The van der Waals surface area contributed by atoms with Gasteiger partial charge >= 0.3 is 5.63 Å². The van der Waals surface area contributed by atoms with E-state index in [-0.39, 0.29) is 11.5 Å². The number of nitrogens with zero attached hydrogens (tertiary/aromatic N) is 1. The molecule has 128 valence electrons. The second-order valence-corrected chi connectivity index (χ2v) is 6.15. The molecule has 0 saturated heterocycles. The van der Waals surface area contributed by atoms with Crippen LogP contribution in [0.3, 0.4) is 0 Å². The lowest BCUT2D eigenvalue weighted by atomic mass is 9.83. The monoisotopic (exact) mass is 344 g/mol. The molecular weight excluding hydrogens is 328 g/mol. The summed E-state index contributed by atoms with van der Waals surface area (Å²) in [6.07, 6.45) is 0.903. The minimum Gasteiger partial charge on any atom is -0.439 e. The first-order valence-corrected chi connectivity index (χ1v) is 8.36. The molecular formula is C21H16N2O3. The van der Waals surface area contributed by atoms with Crippen molar-refractivity contribution >= 4 is 11.0 Å². The summed E-state index contributed by atoms with van der Waals surface area (Å²) in [6.45, 7) is 2.07. The van der Waals surface area contributed by atoms with Crippen LogP contribution in [0.1, 0.15) is 29.5 Å². The van der Waals surface area contributed by atoms with Crippen LogP contribution in [0.25, 0.3) is 11.0 Å². The first-order chi connectivity index (χ1) is 12.6. The van der Waals surface area contributed by atoms with E-state index in [0.29, 0.717) is 22.3 Å². The summed E-state index contributed by atoms with van der Waals surface area (Å²) in [5.74, 6) is -0.242. The standard InChI is InChI=1S/C21H16N2O3/c1-2-12-7-9-13(10-8-12)17-15(11-22)20(23)26-19-14-5-3-4-6-16(14)25-21(24)18(17)19/h3-10,17H,2,23H2,1H3/t17-/m0/s1. The van der Waals surface area contributed by atoms with Crippen LogP contribution in [-0.4, -0.2) is 0 Å². The number of rotatable bonds is 2. The number of nitriles is 1. The molecule has 5 nitrogen and oxygen atoms in total. The van der Waals surface area contributed by atoms with Gasteiger partial charge in [0.05, 0.1) is 16.9 Å². The van der Waals surface area contributed by atoms with Crippen LogP contribution in [0.15, 0.2) is 69.2 Å². The van der Waals surface area contributed by atoms with Crippen molar-refractivity contribution in [3.05, 3.63) is 87.1 Å². The number of benzene rings is 2. The van der Waals surface area contributed by atoms with E-state index in [0.717, 1.165) is 12.0 Å². The van der Waals surface area contributed by atoms with Crippen molar-refractivity contribution in [3.63, 3.8) is 0 Å². The van der Waals surface area contributed by atoms with E-state index in [2.05, 4.69) is 13.0 Å². The Labute approximate surface area is 149 Å². The molecule has 2 heterocycles. The zero-order valence-electron chi connectivity index (χ0n) is 14.2. The number of fused-ring (bicyclic) bond motifs is 3. The summed E-state index contributed by atoms with van der Waals surface area (Å²) in [4.78, 5) is 12.7. The number of allylic oxidation sites excluding steroid dienone is 1. The fraction of sp³-hybridized carbons (Fsp3) is 0.143. The predicted octanol–water partition coefficient (Wildman–Crippen LogP) is 3.57. The Bertz CT molecular complexity index is 1130. The third kappa shape index (κ3) is 2.35. The van der Waals surface area contributed by atoms with E-state index in [9.17, 15) is 10.1 Å². The first kappa shape index (κ1) is 16.0.